The molecule has 2 rings (SSSR count). The van der Waals surface area contributed by atoms with E-state index in [1.165, 1.54) is 12.1 Å². The number of alkyl halides is 1. The van der Waals surface area contributed by atoms with E-state index in [-0.39, 0.29) is 16.2 Å². The van der Waals surface area contributed by atoms with Crippen LogP contribution in [0.25, 0.3) is 0 Å². The van der Waals surface area contributed by atoms with Crippen LogP contribution in [0.3, 0.4) is 0 Å². The van der Waals surface area contributed by atoms with Gasteiger partial charge in [0.05, 0.1) is 4.90 Å². The van der Waals surface area contributed by atoms with E-state index in [1.807, 2.05) is 0 Å². The van der Waals surface area contributed by atoms with Gasteiger partial charge in [-0.05, 0) is 31.0 Å². The Balaban J connectivity index is 2.07. The third kappa shape index (κ3) is 3.48. The van der Waals surface area contributed by atoms with Crippen molar-refractivity contribution in [2.45, 2.75) is 17.7 Å². The van der Waals surface area contributed by atoms with E-state index in [0.717, 1.165) is 19.1 Å². The van der Waals surface area contributed by atoms with Gasteiger partial charge in [-0.3, -0.25) is 4.79 Å². The van der Waals surface area contributed by atoms with E-state index in [0.29, 0.717) is 18.0 Å². The van der Waals surface area contributed by atoms with Crippen molar-refractivity contribution in [1.29, 1.82) is 0 Å². The second-order valence-electron chi connectivity index (χ2n) is 5.12. The lowest BCUT2D eigenvalue weighted by Crippen LogP contribution is -2.31. The topological polar surface area (TPSA) is 63.2 Å². The highest BCUT2D eigenvalue weighted by atomic mass is 35.5. The predicted molar refractivity (Wildman–Crippen MR) is 74.3 cm³/mol. The minimum Gasteiger partial charge on any atom is -0.351 e. The fourth-order valence-electron chi connectivity index (χ4n) is 1.77. The molecule has 0 bridgehead atoms. The normalized spacial score (nSPS) is 16.9. The van der Waals surface area contributed by atoms with Crippen LogP contribution in [0.1, 0.15) is 23.2 Å². The molecule has 1 fully saturated rings. The van der Waals surface area contributed by atoms with Gasteiger partial charge < -0.3 is 5.32 Å². The van der Waals surface area contributed by atoms with Crippen LogP contribution in [0, 0.1) is 5.41 Å². The number of carbonyl (C=O) groups excluding carboxylic acids is 1. The molecule has 0 radical (unpaired) electrons. The Morgan fingerprint density at radius 2 is 2.11 bits per heavy atom. The van der Waals surface area contributed by atoms with E-state index in [1.54, 1.807) is 12.1 Å². The van der Waals surface area contributed by atoms with Crippen molar-refractivity contribution in [3.8, 4) is 0 Å². The third-order valence-electron chi connectivity index (χ3n) is 3.39. The van der Waals surface area contributed by atoms with Crippen LogP contribution in [0.2, 0.25) is 0 Å². The molecular formula is C13H16ClNO3S. The number of rotatable bonds is 5. The molecule has 0 aliphatic heterocycles. The van der Waals surface area contributed by atoms with Gasteiger partial charge in [0, 0.05) is 29.7 Å². The molecule has 0 atom stereocenters. The minimum absolute atomic E-state index is 0.0473. The molecule has 1 aromatic rings. The Labute approximate surface area is 118 Å². The molecule has 1 aliphatic carbocycles. The van der Waals surface area contributed by atoms with E-state index >= 15 is 0 Å². The monoisotopic (exact) mass is 301 g/mol. The standard InChI is InChI=1S/C13H16ClNO3S/c1-19(17,18)11-4-2-3-10(7-11)12(16)15-9-13(8-14)5-6-13/h2-4,7H,5-6,8-9H2,1H3,(H,15,16). The lowest BCUT2D eigenvalue weighted by Gasteiger charge is -2.12. The number of halogens is 1. The average Bonchev–Trinajstić information content (AvgIpc) is 3.16. The maximum Gasteiger partial charge on any atom is 0.251 e. The van der Waals surface area contributed by atoms with Gasteiger partial charge in [-0.1, -0.05) is 6.07 Å². The molecule has 19 heavy (non-hydrogen) atoms. The summed E-state index contributed by atoms with van der Waals surface area (Å²) in [6.45, 7) is 0.540. The molecule has 1 N–H and O–H groups in total. The maximum atomic E-state index is 12.0. The van der Waals surface area contributed by atoms with Crippen molar-refractivity contribution in [1.82, 2.24) is 5.32 Å². The van der Waals surface area contributed by atoms with Gasteiger partial charge in [-0.2, -0.15) is 0 Å². The molecule has 1 aliphatic rings. The summed E-state index contributed by atoms with van der Waals surface area (Å²) in [6, 6.07) is 6.04. The molecule has 6 heteroatoms. The summed E-state index contributed by atoms with van der Waals surface area (Å²) in [6.07, 6.45) is 3.18. The fraction of sp³-hybridized carbons (Fsp3) is 0.462. The highest BCUT2D eigenvalue weighted by Gasteiger charge is 2.41. The Kier molecular flexibility index (Phi) is 3.87. The lowest BCUT2D eigenvalue weighted by atomic mass is 10.1. The number of hydrogen-bond acceptors (Lipinski definition) is 3. The van der Waals surface area contributed by atoms with Gasteiger partial charge in [0.15, 0.2) is 9.84 Å². The van der Waals surface area contributed by atoms with Crippen LogP contribution in [-0.4, -0.2) is 33.0 Å². The number of carbonyl (C=O) groups is 1. The summed E-state index contributed by atoms with van der Waals surface area (Å²) in [5, 5.41) is 2.81. The van der Waals surface area contributed by atoms with Crippen LogP contribution >= 0.6 is 11.6 Å². The first-order valence-electron chi connectivity index (χ1n) is 6.01. The summed E-state index contributed by atoms with van der Waals surface area (Å²) >= 11 is 5.84. The second-order valence-corrected chi connectivity index (χ2v) is 7.40. The third-order valence-corrected chi connectivity index (χ3v) is 5.07. The quantitative estimate of drug-likeness (QED) is 0.844. The average molecular weight is 302 g/mol. The number of amides is 1. The fourth-order valence-corrected chi connectivity index (χ4v) is 2.80. The van der Waals surface area contributed by atoms with Crippen molar-refractivity contribution in [2.75, 3.05) is 18.7 Å². The van der Waals surface area contributed by atoms with Crippen LogP contribution < -0.4 is 5.32 Å². The molecular weight excluding hydrogens is 286 g/mol. The number of sulfone groups is 1. The smallest absolute Gasteiger partial charge is 0.251 e. The lowest BCUT2D eigenvalue weighted by molar-refractivity contribution is 0.0946. The molecule has 1 aromatic carbocycles. The van der Waals surface area contributed by atoms with Crippen molar-refractivity contribution >= 4 is 27.3 Å². The van der Waals surface area contributed by atoms with Crippen molar-refractivity contribution in [3.63, 3.8) is 0 Å². The zero-order chi connectivity index (χ0) is 14.1. The van der Waals surface area contributed by atoms with Crippen molar-refractivity contribution in [3.05, 3.63) is 29.8 Å². The first-order chi connectivity index (χ1) is 8.86. The number of nitrogens with one attached hydrogen (secondary N) is 1. The number of hydrogen-bond donors (Lipinski definition) is 1. The molecule has 0 saturated heterocycles. The van der Waals surface area contributed by atoms with Gasteiger partial charge in [-0.15, -0.1) is 11.6 Å². The molecule has 104 valence electrons. The van der Waals surface area contributed by atoms with Crippen LogP contribution in [-0.2, 0) is 9.84 Å². The first-order valence-corrected chi connectivity index (χ1v) is 8.43. The van der Waals surface area contributed by atoms with Gasteiger partial charge in [0.2, 0.25) is 0 Å². The number of benzene rings is 1. The van der Waals surface area contributed by atoms with E-state index < -0.39 is 9.84 Å². The minimum atomic E-state index is -3.30. The zero-order valence-electron chi connectivity index (χ0n) is 10.6. The van der Waals surface area contributed by atoms with Gasteiger partial charge in [-0.25, -0.2) is 8.42 Å². The van der Waals surface area contributed by atoms with E-state index in [4.69, 9.17) is 11.6 Å². The molecule has 0 unspecified atom stereocenters. The van der Waals surface area contributed by atoms with Crippen LogP contribution in [0.4, 0.5) is 0 Å². The Morgan fingerprint density at radius 1 is 1.42 bits per heavy atom. The second kappa shape index (κ2) is 5.13. The first kappa shape index (κ1) is 14.3. The molecule has 0 heterocycles. The summed E-state index contributed by atoms with van der Waals surface area (Å²) in [4.78, 5) is 12.1. The maximum absolute atomic E-state index is 12.0. The summed E-state index contributed by atoms with van der Waals surface area (Å²) in [7, 11) is -3.30. The highest BCUT2D eigenvalue weighted by molar-refractivity contribution is 7.90. The highest BCUT2D eigenvalue weighted by Crippen LogP contribution is 2.45. The van der Waals surface area contributed by atoms with Crippen molar-refractivity contribution < 1.29 is 13.2 Å². The summed E-state index contributed by atoms with van der Waals surface area (Å²) in [5.41, 5.74) is 0.402. The van der Waals surface area contributed by atoms with Gasteiger partial charge in [0.1, 0.15) is 0 Å². The van der Waals surface area contributed by atoms with Crippen LogP contribution in [0.15, 0.2) is 29.2 Å². The van der Waals surface area contributed by atoms with Gasteiger partial charge in [0.25, 0.3) is 5.91 Å². The van der Waals surface area contributed by atoms with Crippen LogP contribution in [0.5, 0.6) is 0 Å². The molecule has 0 spiro atoms. The Morgan fingerprint density at radius 3 is 2.63 bits per heavy atom. The van der Waals surface area contributed by atoms with Gasteiger partial charge >= 0.3 is 0 Å². The van der Waals surface area contributed by atoms with E-state index in [9.17, 15) is 13.2 Å². The molecule has 0 aromatic heterocycles. The van der Waals surface area contributed by atoms with Crippen molar-refractivity contribution in [2.24, 2.45) is 5.41 Å². The molecule has 1 saturated carbocycles. The molecule has 4 nitrogen and oxygen atoms in total. The largest absolute Gasteiger partial charge is 0.351 e. The summed E-state index contributed by atoms with van der Waals surface area (Å²) in [5.74, 6) is 0.276. The zero-order valence-corrected chi connectivity index (χ0v) is 12.2. The summed E-state index contributed by atoms with van der Waals surface area (Å²) < 4.78 is 22.9. The SMILES string of the molecule is CS(=O)(=O)c1cccc(C(=O)NCC2(CCl)CC2)c1. The molecule has 1 amide bonds. The van der Waals surface area contributed by atoms with E-state index in [2.05, 4.69) is 5.32 Å². The Hall–Kier alpha value is -1.07. The predicted octanol–water partition coefficient (Wildman–Crippen LogP) is 1.84. The Bertz CT molecular complexity index is 594.